The highest BCUT2D eigenvalue weighted by Gasteiger charge is 2.26. The predicted octanol–water partition coefficient (Wildman–Crippen LogP) is 1.40. The Balaban J connectivity index is 1.73. The van der Waals surface area contributed by atoms with Crippen LogP contribution in [0, 0.1) is 17.1 Å². The number of benzene rings is 1. The number of nitriles is 1. The van der Waals surface area contributed by atoms with Crippen molar-refractivity contribution in [3.63, 3.8) is 0 Å². The van der Waals surface area contributed by atoms with Crippen molar-refractivity contribution in [1.29, 1.82) is 5.26 Å². The molecule has 114 valence electrons. The lowest BCUT2D eigenvalue weighted by molar-refractivity contribution is -0.0388. The Labute approximate surface area is 127 Å². The lowest BCUT2D eigenvalue weighted by atomic mass is 10.1. The SMILES string of the molecule is Cn1cnnc1C1CN(Cc2cc(C#N)ccc2F)CCO1. The highest BCUT2D eigenvalue weighted by molar-refractivity contribution is 5.33. The van der Waals surface area contributed by atoms with Gasteiger partial charge in [0.1, 0.15) is 18.2 Å². The van der Waals surface area contributed by atoms with Crippen LogP contribution >= 0.6 is 0 Å². The predicted molar refractivity (Wildman–Crippen MR) is 76.1 cm³/mol. The number of ether oxygens (including phenoxy) is 1. The molecule has 1 aromatic heterocycles. The maximum absolute atomic E-state index is 13.9. The molecule has 3 rings (SSSR count). The zero-order chi connectivity index (χ0) is 15.5. The minimum Gasteiger partial charge on any atom is -0.368 e. The molecule has 1 saturated heterocycles. The van der Waals surface area contributed by atoms with Crippen molar-refractivity contribution in [2.24, 2.45) is 7.05 Å². The largest absolute Gasteiger partial charge is 0.368 e. The summed E-state index contributed by atoms with van der Waals surface area (Å²) in [6.45, 7) is 2.32. The molecule has 2 heterocycles. The molecule has 22 heavy (non-hydrogen) atoms. The van der Waals surface area contributed by atoms with E-state index in [1.54, 1.807) is 12.4 Å². The van der Waals surface area contributed by atoms with Crippen LogP contribution in [0.2, 0.25) is 0 Å². The molecule has 0 N–H and O–H groups in total. The smallest absolute Gasteiger partial charge is 0.163 e. The maximum Gasteiger partial charge on any atom is 0.163 e. The van der Waals surface area contributed by atoms with E-state index in [0.29, 0.717) is 37.4 Å². The molecular weight excluding hydrogens is 285 g/mol. The number of aryl methyl sites for hydroxylation is 1. The molecule has 2 aromatic rings. The Morgan fingerprint density at radius 2 is 2.36 bits per heavy atom. The van der Waals surface area contributed by atoms with E-state index in [4.69, 9.17) is 10.00 Å². The maximum atomic E-state index is 13.9. The van der Waals surface area contributed by atoms with Crippen LogP contribution < -0.4 is 0 Å². The van der Waals surface area contributed by atoms with E-state index in [1.807, 2.05) is 17.7 Å². The van der Waals surface area contributed by atoms with Gasteiger partial charge in [-0.05, 0) is 18.2 Å². The zero-order valence-electron chi connectivity index (χ0n) is 12.2. The first-order valence-corrected chi connectivity index (χ1v) is 7.03. The Hall–Kier alpha value is -2.30. The van der Waals surface area contributed by atoms with Crippen molar-refractivity contribution in [2.45, 2.75) is 12.6 Å². The normalized spacial score (nSPS) is 19.0. The molecule has 0 bridgehead atoms. The third kappa shape index (κ3) is 2.98. The third-order valence-electron chi connectivity index (χ3n) is 3.75. The summed E-state index contributed by atoms with van der Waals surface area (Å²) in [6.07, 6.45) is 1.46. The lowest BCUT2D eigenvalue weighted by Crippen LogP contribution is -2.38. The number of hydrogen-bond donors (Lipinski definition) is 0. The number of nitrogens with zero attached hydrogens (tertiary/aromatic N) is 5. The van der Waals surface area contributed by atoms with Gasteiger partial charge in [-0.1, -0.05) is 0 Å². The van der Waals surface area contributed by atoms with E-state index >= 15 is 0 Å². The van der Waals surface area contributed by atoms with Crippen molar-refractivity contribution in [1.82, 2.24) is 19.7 Å². The molecule has 1 fully saturated rings. The van der Waals surface area contributed by atoms with Crippen LogP contribution in [-0.2, 0) is 18.3 Å². The van der Waals surface area contributed by atoms with Gasteiger partial charge >= 0.3 is 0 Å². The van der Waals surface area contributed by atoms with E-state index < -0.39 is 0 Å². The number of aromatic nitrogens is 3. The molecule has 1 aliphatic rings. The van der Waals surface area contributed by atoms with Gasteiger partial charge in [-0.15, -0.1) is 10.2 Å². The average molecular weight is 301 g/mol. The Kier molecular flexibility index (Phi) is 4.13. The van der Waals surface area contributed by atoms with E-state index in [0.717, 1.165) is 5.82 Å². The number of halogens is 1. The summed E-state index contributed by atoms with van der Waals surface area (Å²) in [5.74, 6) is 0.469. The van der Waals surface area contributed by atoms with Gasteiger partial charge in [-0.2, -0.15) is 5.26 Å². The van der Waals surface area contributed by atoms with Crippen molar-refractivity contribution >= 4 is 0 Å². The Morgan fingerprint density at radius 1 is 1.50 bits per heavy atom. The summed E-state index contributed by atoms with van der Waals surface area (Å²) in [6, 6.07) is 6.47. The van der Waals surface area contributed by atoms with Gasteiger partial charge in [0, 0.05) is 32.2 Å². The fourth-order valence-electron chi connectivity index (χ4n) is 2.59. The quantitative estimate of drug-likeness (QED) is 0.857. The monoisotopic (exact) mass is 301 g/mol. The highest BCUT2D eigenvalue weighted by atomic mass is 19.1. The van der Waals surface area contributed by atoms with E-state index in [2.05, 4.69) is 15.1 Å². The molecule has 1 atom stereocenters. The van der Waals surface area contributed by atoms with Crippen LogP contribution in [0.4, 0.5) is 4.39 Å². The first-order chi connectivity index (χ1) is 10.7. The molecule has 0 saturated carbocycles. The van der Waals surface area contributed by atoms with Gasteiger partial charge in [-0.3, -0.25) is 4.90 Å². The molecule has 0 aliphatic carbocycles. The standard InChI is InChI=1S/C15H16FN5O/c1-20-10-18-19-15(20)14-9-21(4-5-22-14)8-12-6-11(7-17)2-3-13(12)16/h2-3,6,10,14H,4-5,8-9H2,1H3. The van der Waals surface area contributed by atoms with Crippen molar-refractivity contribution in [3.05, 3.63) is 47.3 Å². The number of hydrogen-bond acceptors (Lipinski definition) is 5. The third-order valence-corrected chi connectivity index (χ3v) is 3.75. The van der Waals surface area contributed by atoms with Crippen LogP contribution in [0.5, 0.6) is 0 Å². The topological polar surface area (TPSA) is 67.0 Å². The fourth-order valence-corrected chi connectivity index (χ4v) is 2.59. The van der Waals surface area contributed by atoms with Crippen molar-refractivity contribution < 1.29 is 9.13 Å². The van der Waals surface area contributed by atoms with Gasteiger partial charge in [-0.25, -0.2) is 4.39 Å². The average Bonchev–Trinajstić information content (AvgIpc) is 2.96. The summed E-state index contributed by atoms with van der Waals surface area (Å²) in [4.78, 5) is 2.10. The Morgan fingerprint density at radius 3 is 3.09 bits per heavy atom. The number of rotatable bonds is 3. The van der Waals surface area contributed by atoms with E-state index in [9.17, 15) is 4.39 Å². The molecule has 1 aliphatic heterocycles. The molecule has 6 nitrogen and oxygen atoms in total. The molecule has 1 aromatic carbocycles. The fraction of sp³-hybridized carbons (Fsp3) is 0.400. The summed E-state index contributed by atoms with van der Waals surface area (Å²) in [5.41, 5.74) is 0.993. The summed E-state index contributed by atoms with van der Waals surface area (Å²) < 4.78 is 21.5. The molecule has 0 spiro atoms. The van der Waals surface area contributed by atoms with Crippen LogP contribution in [0.25, 0.3) is 0 Å². The zero-order valence-corrected chi connectivity index (χ0v) is 12.2. The first kappa shape index (κ1) is 14.6. The van der Waals surface area contributed by atoms with Crippen LogP contribution in [0.15, 0.2) is 24.5 Å². The van der Waals surface area contributed by atoms with E-state index in [-0.39, 0.29) is 11.9 Å². The van der Waals surface area contributed by atoms with Crippen LogP contribution in [0.1, 0.15) is 23.1 Å². The van der Waals surface area contributed by atoms with Gasteiger partial charge in [0.05, 0.1) is 18.2 Å². The van der Waals surface area contributed by atoms with Gasteiger partial charge < -0.3 is 9.30 Å². The minimum absolute atomic E-state index is 0.177. The van der Waals surface area contributed by atoms with Crippen molar-refractivity contribution in [2.75, 3.05) is 19.7 Å². The molecule has 7 heteroatoms. The minimum atomic E-state index is -0.291. The summed E-state index contributed by atoms with van der Waals surface area (Å²) in [7, 11) is 1.87. The van der Waals surface area contributed by atoms with Crippen LogP contribution in [0.3, 0.4) is 0 Å². The molecule has 1 unspecified atom stereocenters. The highest BCUT2D eigenvalue weighted by Crippen LogP contribution is 2.22. The number of morpholine rings is 1. The second-order valence-corrected chi connectivity index (χ2v) is 5.31. The first-order valence-electron chi connectivity index (χ1n) is 7.03. The summed E-state index contributed by atoms with van der Waals surface area (Å²) >= 11 is 0. The Bertz CT molecular complexity index is 708. The van der Waals surface area contributed by atoms with Gasteiger partial charge in [0.15, 0.2) is 5.82 Å². The van der Waals surface area contributed by atoms with Gasteiger partial charge in [0.25, 0.3) is 0 Å². The molecular formula is C15H16FN5O. The molecule has 0 radical (unpaired) electrons. The van der Waals surface area contributed by atoms with Crippen LogP contribution in [-0.4, -0.2) is 39.4 Å². The molecule has 0 amide bonds. The van der Waals surface area contributed by atoms with Crippen molar-refractivity contribution in [3.8, 4) is 6.07 Å². The second kappa shape index (κ2) is 6.22. The lowest BCUT2D eigenvalue weighted by Gasteiger charge is -2.32. The van der Waals surface area contributed by atoms with E-state index in [1.165, 1.54) is 12.1 Å². The van der Waals surface area contributed by atoms with Gasteiger partial charge in [0.2, 0.25) is 0 Å². The second-order valence-electron chi connectivity index (χ2n) is 5.31. The summed E-state index contributed by atoms with van der Waals surface area (Å²) in [5, 5.41) is 16.9.